The molecule has 0 radical (unpaired) electrons. The largest absolute Gasteiger partial charge is 0.507 e. The molecule has 1 aliphatic rings. The Labute approximate surface area is 174 Å². The highest BCUT2D eigenvalue weighted by molar-refractivity contribution is 9.10. The van der Waals surface area contributed by atoms with E-state index >= 15 is 0 Å². The zero-order valence-electron chi connectivity index (χ0n) is 14.9. The summed E-state index contributed by atoms with van der Waals surface area (Å²) in [5.74, 6) is -1.48. The molecule has 1 unspecified atom stereocenters. The molecular weight excluding hydrogens is 438 g/mol. The number of hydrogen-bond acceptors (Lipinski definition) is 4. The lowest BCUT2D eigenvalue weighted by molar-refractivity contribution is -0.132. The fraction of sp³-hybridized carbons (Fsp3) is 0.0909. The number of aliphatic hydroxyl groups excluding tert-OH is 1. The van der Waals surface area contributed by atoms with Gasteiger partial charge in [0.15, 0.2) is 0 Å². The molecule has 4 rings (SSSR count). The van der Waals surface area contributed by atoms with Crippen molar-refractivity contribution in [2.75, 3.05) is 4.90 Å². The number of carbonyl (C=O) groups is 2. The molecule has 0 spiro atoms. The molecule has 0 saturated carbocycles. The van der Waals surface area contributed by atoms with Crippen LogP contribution in [0.2, 0.25) is 0 Å². The van der Waals surface area contributed by atoms with Crippen LogP contribution < -0.4 is 4.90 Å². The van der Waals surface area contributed by atoms with Gasteiger partial charge in [0.2, 0.25) is 0 Å². The lowest BCUT2D eigenvalue weighted by Crippen LogP contribution is -2.29. The minimum Gasteiger partial charge on any atom is -0.507 e. The van der Waals surface area contributed by atoms with Gasteiger partial charge >= 0.3 is 0 Å². The number of aryl methyl sites for hydroxylation is 1. The third kappa shape index (κ3) is 3.19. The standard InChI is InChI=1S/C22H16BrNO3S/c1-13-4-2-5-16(12-13)24-19(17-6-3-11-28-17)18(21(26)22(24)27)20(25)14-7-9-15(23)10-8-14/h2-12,19,25H,1H3/b20-18-. The maximum atomic E-state index is 13.0. The Bertz CT molecular complexity index is 1090. The van der Waals surface area contributed by atoms with E-state index in [1.807, 2.05) is 42.6 Å². The van der Waals surface area contributed by atoms with Crippen LogP contribution in [0.4, 0.5) is 5.69 Å². The van der Waals surface area contributed by atoms with Crippen LogP contribution >= 0.6 is 27.3 Å². The van der Waals surface area contributed by atoms with Crippen LogP contribution in [0.1, 0.15) is 22.0 Å². The molecule has 2 aromatic carbocycles. The van der Waals surface area contributed by atoms with Gasteiger partial charge in [-0.2, -0.15) is 0 Å². The number of carbonyl (C=O) groups excluding carboxylic acids is 2. The molecule has 6 heteroatoms. The lowest BCUT2D eigenvalue weighted by Gasteiger charge is -2.24. The molecule has 140 valence electrons. The van der Waals surface area contributed by atoms with Gasteiger partial charge in [-0.05, 0) is 48.2 Å². The quantitative estimate of drug-likeness (QED) is 0.326. The first kappa shape index (κ1) is 18.7. The van der Waals surface area contributed by atoms with Crippen molar-refractivity contribution in [1.82, 2.24) is 0 Å². The van der Waals surface area contributed by atoms with Crippen LogP contribution in [0.15, 0.2) is 76.1 Å². The van der Waals surface area contributed by atoms with E-state index in [1.54, 1.807) is 30.3 Å². The topological polar surface area (TPSA) is 57.6 Å². The van der Waals surface area contributed by atoms with Gasteiger partial charge in [-0.3, -0.25) is 14.5 Å². The summed E-state index contributed by atoms with van der Waals surface area (Å²) in [6.45, 7) is 1.93. The monoisotopic (exact) mass is 453 g/mol. The molecule has 4 nitrogen and oxygen atoms in total. The fourth-order valence-corrected chi connectivity index (χ4v) is 4.44. The Morgan fingerprint density at radius 2 is 1.82 bits per heavy atom. The van der Waals surface area contributed by atoms with Crippen LogP contribution in [0.25, 0.3) is 5.76 Å². The third-order valence-electron chi connectivity index (χ3n) is 4.65. The van der Waals surface area contributed by atoms with Gasteiger partial charge in [0.05, 0.1) is 5.57 Å². The number of amides is 1. The number of halogens is 1. The van der Waals surface area contributed by atoms with Gasteiger partial charge in [0.1, 0.15) is 11.8 Å². The maximum Gasteiger partial charge on any atom is 0.300 e. The SMILES string of the molecule is Cc1cccc(N2C(=O)C(=O)/C(=C(\O)c3ccc(Br)cc3)C2c2cccs2)c1. The summed E-state index contributed by atoms with van der Waals surface area (Å²) in [7, 11) is 0. The zero-order valence-corrected chi connectivity index (χ0v) is 17.3. The summed E-state index contributed by atoms with van der Waals surface area (Å²) in [5, 5.41) is 12.9. The highest BCUT2D eigenvalue weighted by atomic mass is 79.9. The average molecular weight is 454 g/mol. The lowest BCUT2D eigenvalue weighted by atomic mass is 9.99. The minimum absolute atomic E-state index is 0.108. The first-order valence-electron chi connectivity index (χ1n) is 8.64. The maximum absolute atomic E-state index is 13.0. The van der Waals surface area contributed by atoms with Crippen molar-refractivity contribution in [3.05, 3.63) is 92.1 Å². The number of anilines is 1. The predicted molar refractivity (Wildman–Crippen MR) is 114 cm³/mol. The van der Waals surface area contributed by atoms with Gasteiger partial charge in [0.25, 0.3) is 11.7 Å². The molecule has 1 aromatic heterocycles. The van der Waals surface area contributed by atoms with Gasteiger partial charge in [-0.25, -0.2) is 0 Å². The van der Waals surface area contributed by atoms with Crippen molar-refractivity contribution in [3.8, 4) is 0 Å². The van der Waals surface area contributed by atoms with Crippen molar-refractivity contribution in [3.63, 3.8) is 0 Å². The number of aliphatic hydroxyl groups is 1. The summed E-state index contributed by atoms with van der Waals surface area (Å²) >= 11 is 4.81. The normalized spacial score (nSPS) is 18.6. The highest BCUT2D eigenvalue weighted by Gasteiger charge is 2.47. The van der Waals surface area contributed by atoms with E-state index in [9.17, 15) is 14.7 Å². The van der Waals surface area contributed by atoms with E-state index in [0.717, 1.165) is 14.9 Å². The van der Waals surface area contributed by atoms with Crippen LogP contribution in [0, 0.1) is 6.92 Å². The van der Waals surface area contributed by atoms with E-state index < -0.39 is 17.7 Å². The summed E-state index contributed by atoms with van der Waals surface area (Å²) in [5.41, 5.74) is 2.22. The van der Waals surface area contributed by atoms with Crippen LogP contribution in [0.3, 0.4) is 0 Å². The molecule has 0 aliphatic carbocycles. The Hall–Kier alpha value is -2.70. The first-order valence-corrected chi connectivity index (χ1v) is 10.3. The second kappa shape index (κ2) is 7.37. The van der Waals surface area contributed by atoms with Gasteiger partial charge in [-0.15, -0.1) is 11.3 Å². The number of Topliss-reactive ketones (excluding diaryl/α,β-unsaturated/α-hetero) is 1. The van der Waals surface area contributed by atoms with Crippen molar-refractivity contribution >= 4 is 50.4 Å². The molecule has 1 amide bonds. The summed E-state index contributed by atoms with van der Waals surface area (Å²) in [6.07, 6.45) is 0. The molecule has 1 atom stereocenters. The molecular formula is C22H16BrNO3S. The van der Waals surface area contributed by atoms with E-state index in [0.29, 0.717) is 11.3 Å². The number of hydrogen-bond donors (Lipinski definition) is 1. The molecule has 1 saturated heterocycles. The van der Waals surface area contributed by atoms with E-state index in [4.69, 9.17) is 0 Å². The highest BCUT2D eigenvalue weighted by Crippen LogP contribution is 2.43. The molecule has 2 heterocycles. The molecule has 1 N–H and O–H groups in total. The minimum atomic E-state index is -0.680. The average Bonchev–Trinajstić information content (AvgIpc) is 3.29. The number of rotatable bonds is 3. The van der Waals surface area contributed by atoms with E-state index in [1.165, 1.54) is 16.2 Å². The Balaban J connectivity index is 1.93. The van der Waals surface area contributed by atoms with Crippen molar-refractivity contribution in [2.45, 2.75) is 13.0 Å². The number of thiophene rings is 1. The van der Waals surface area contributed by atoms with Gasteiger partial charge < -0.3 is 5.11 Å². The third-order valence-corrected chi connectivity index (χ3v) is 6.11. The first-order chi connectivity index (χ1) is 13.5. The zero-order chi connectivity index (χ0) is 19.8. The number of benzene rings is 2. The van der Waals surface area contributed by atoms with Crippen LogP contribution in [0.5, 0.6) is 0 Å². The van der Waals surface area contributed by atoms with Crippen molar-refractivity contribution in [2.24, 2.45) is 0 Å². The predicted octanol–water partition coefficient (Wildman–Crippen LogP) is 5.45. The molecule has 3 aromatic rings. The van der Waals surface area contributed by atoms with Crippen molar-refractivity contribution in [1.29, 1.82) is 0 Å². The van der Waals surface area contributed by atoms with Crippen LogP contribution in [-0.4, -0.2) is 16.8 Å². The molecule has 28 heavy (non-hydrogen) atoms. The smallest absolute Gasteiger partial charge is 0.300 e. The Kier molecular flexibility index (Phi) is 4.91. The Morgan fingerprint density at radius 3 is 2.46 bits per heavy atom. The summed E-state index contributed by atoms with van der Waals surface area (Å²) in [4.78, 5) is 28.2. The molecule has 0 bridgehead atoms. The number of ketones is 1. The summed E-state index contributed by atoms with van der Waals surface area (Å²) in [6, 6.07) is 17.5. The van der Waals surface area contributed by atoms with E-state index in [-0.39, 0.29) is 11.3 Å². The van der Waals surface area contributed by atoms with Crippen molar-refractivity contribution < 1.29 is 14.7 Å². The van der Waals surface area contributed by atoms with E-state index in [2.05, 4.69) is 15.9 Å². The van der Waals surface area contributed by atoms with Gasteiger partial charge in [-0.1, -0.05) is 46.3 Å². The van der Waals surface area contributed by atoms with Gasteiger partial charge in [0, 0.05) is 20.6 Å². The number of nitrogens with zero attached hydrogens (tertiary/aromatic N) is 1. The summed E-state index contributed by atoms with van der Waals surface area (Å²) < 4.78 is 0.860. The van der Waals surface area contributed by atoms with Crippen LogP contribution in [-0.2, 0) is 9.59 Å². The second-order valence-corrected chi connectivity index (χ2v) is 8.43. The molecule has 1 fully saturated rings. The Morgan fingerprint density at radius 1 is 1.07 bits per heavy atom. The molecule has 1 aliphatic heterocycles. The fourth-order valence-electron chi connectivity index (χ4n) is 3.36. The second-order valence-electron chi connectivity index (χ2n) is 6.53.